The average molecular weight is 299 g/mol. The summed E-state index contributed by atoms with van der Waals surface area (Å²) in [4.78, 5) is 15.6. The third-order valence-electron chi connectivity index (χ3n) is 3.03. The van der Waals surface area contributed by atoms with Gasteiger partial charge in [-0.25, -0.2) is 4.98 Å². The molecule has 3 aromatic rings. The van der Waals surface area contributed by atoms with Crippen molar-refractivity contribution in [3.05, 3.63) is 53.0 Å². The van der Waals surface area contributed by atoms with E-state index in [1.807, 2.05) is 24.3 Å². The maximum Gasteiger partial charge on any atom is 0.153 e. The van der Waals surface area contributed by atoms with Gasteiger partial charge in [0.1, 0.15) is 23.1 Å². The van der Waals surface area contributed by atoms with Gasteiger partial charge in [0, 0.05) is 0 Å². The number of rotatable bonds is 5. The second-order valence-corrected chi connectivity index (χ2v) is 5.50. The Balaban J connectivity index is 1.79. The molecule has 1 aromatic heterocycles. The Bertz CT molecular complexity index is 749. The van der Waals surface area contributed by atoms with Crippen molar-refractivity contribution in [3.8, 4) is 11.5 Å². The highest BCUT2D eigenvalue weighted by Gasteiger charge is 2.08. The van der Waals surface area contributed by atoms with E-state index in [-0.39, 0.29) is 0 Å². The summed E-state index contributed by atoms with van der Waals surface area (Å²) in [6.07, 6.45) is 0.760. The monoisotopic (exact) mass is 299 g/mol. The number of para-hydroxylation sites is 1. The molecule has 3 rings (SSSR count). The van der Waals surface area contributed by atoms with Gasteiger partial charge in [-0.05, 0) is 30.3 Å². The number of ether oxygens (including phenoxy) is 2. The first-order chi connectivity index (χ1) is 10.3. The van der Waals surface area contributed by atoms with Crippen LogP contribution in [0.25, 0.3) is 10.2 Å². The second kappa shape index (κ2) is 5.93. The molecular weight excluding hydrogens is 286 g/mol. The number of aldehydes is 1. The number of carbonyl (C=O) groups is 1. The highest BCUT2D eigenvalue weighted by atomic mass is 32.1. The van der Waals surface area contributed by atoms with Crippen LogP contribution in [0.1, 0.15) is 15.4 Å². The van der Waals surface area contributed by atoms with Gasteiger partial charge in [-0.3, -0.25) is 4.79 Å². The van der Waals surface area contributed by atoms with Gasteiger partial charge >= 0.3 is 0 Å². The Morgan fingerprint density at radius 2 is 2.10 bits per heavy atom. The van der Waals surface area contributed by atoms with E-state index in [0.29, 0.717) is 23.7 Å². The Labute approximate surface area is 126 Å². The lowest BCUT2D eigenvalue weighted by Crippen LogP contribution is -1.98. The van der Waals surface area contributed by atoms with Gasteiger partial charge in [0.05, 0.1) is 22.9 Å². The third kappa shape index (κ3) is 2.87. The standard InChI is InChI=1S/C16H13NO3S/c1-19-12-6-7-14(11(8-12)9-18)20-10-16-17-13-4-2-3-5-15(13)21-16/h2-9H,10H2,1H3. The third-order valence-corrected chi connectivity index (χ3v) is 4.04. The lowest BCUT2D eigenvalue weighted by molar-refractivity contribution is 0.111. The zero-order valence-electron chi connectivity index (χ0n) is 11.4. The van der Waals surface area contributed by atoms with Gasteiger partial charge in [0.25, 0.3) is 0 Å². The van der Waals surface area contributed by atoms with Crippen LogP contribution in [0, 0.1) is 0 Å². The molecule has 2 aromatic carbocycles. The number of hydrogen-bond acceptors (Lipinski definition) is 5. The molecule has 0 atom stereocenters. The summed E-state index contributed by atoms with van der Waals surface area (Å²) in [6.45, 7) is 0.340. The quantitative estimate of drug-likeness (QED) is 0.674. The van der Waals surface area contributed by atoms with Crippen LogP contribution in [0.15, 0.2) is 42.5 Å². The number of thiazole rings is 1. The SMILES string of the molecule is COc1ccc(OCc2nc3ccccc3s2)c(C=O)c1. The molecule has 21 heavy (non-hydrogen) atoms. The first-order valence-corrected chi connectivity index (χ1v) is 7.22. The van der Waals surface area contributed by atoms with Crippen LogP contribution in [0.2, 0.25) is 0 Å². The number of methoxy groups -OCH3 is 1. The van der Waals surface area contributed by atoms with E-state index in [0.717, 1.165) is 21.5 Å². The van der Waals surface area contributed by atoms with Gasteiger partial charge in [-0.15, -0.1) is 11.3 Å². The minimum Gasteiger partial charge on any atom is -0.497 e. The Kier molecular flexibility index (Phi) is 3.83. The normalized spacial score (nSPS) is 10.5. The summed E-state index contributed by atoms with van der Waals surface area (Å²) in [5.41, 5.74) is 1.43. The van der Waals surface area contributed by atoms with E-state index >= 15 is 0 Å². The first-order valence-electron chi connectivity index (χ1n) is 6.40. The highest BCUT2D eigenvalue weighted by molar-refractivity contribution is 7.18. The molecule has 0 unspecified atom stereocenters. The van der Waals surface area contributed by atoms with E-state index in [4.69, 9.17) is 9.47 Å². The fourth-order valence-corrected chi connectivity index (χ4v) is 2.88. The summed E-state index contributed by atoms with van der Waals surface area (Å²) < 4.78 is 11.9. The van der Waals surface area contributed by atoms with E-state index in [1.54, 1.807) is 36.6 Å². The molecule has 0 saturated heterocycles. The molecule has 4 nitrogen and oxygen atoms in total. The Hall–Kier alpha value is -2.40. The molecular formula is C16H13NO3S. The molecule has 5 heteroatoms. The van der Waals surface area contributed by atoms with Crippen LogP contribution < -0.4 is 9.47 Å². The molecule has 1 heterocycles. The molecule has 0 spiro atoms. The van der Waals surface area contributed by atoms with Crippen LogP contribution in [0.5, 0.6) is 11.5 Å². The van der Waals surface area contributed by atoms with Gasteiger partial charge in [0.15, 0.2) is 6.29 Å². The minimum atomic E-state index is 0.340. The Morgan fingerprint density at radius 3 is 2.86 bits per heavy atom. The summed E-state index contributed by atoms with van der Waals surface area (Å²) in [5.74, 6) is 1.16. The zero-order chi connectivity index (χ0) is 14.7. The van der Waals surface area contributed by atoms with Crippen LogP contribution >= 0.6 is 11.3 Å². The van der Waals surface area contributed by atoms with Crippen molar-refractivity contribution in [2.75, 3.05) is 7.11 Å². The molecule has 0 bridgehead atoms. The van der Waals surface area contributed by atoms with Crippen molar-refractivity contribution in [1.29, 1.82) is 0 Å². The van der Waals surface area contributed by atoms with Crippen molar-refractivity contribution in [3.63, 3.8) is 0 Å². The molecule has 0 aliphatic rings. The van der Waals surface area contributed by atoms with Gasteiger partial charge in [0.2, 0.25) is 0 Å². The first kappa shape index (κ1) is 13.6. The van der Waals surface area contributed by atoms with Gasteiger partial charge < -0.3 is 9.47 Å². The fraction of sp³-hybridized carbons (Fsp3) is 0.125. The maximum absolute atomic E-state index is 11.1. The summed E-state index contributed by atoms with van der Waals surface area (Å²) >= 11 is 1.59. The van der Waals surface area contributed by atoms with E-state index in [1.165, 1.54) is 0 Å². The smallest absolute Gasteiger partial charge is 0.153 e. The predicted molar refractivity (Wildman–Crippen MR) is 82.3 cm³/mol. The van der Waals surface area contributed by atoms with Crippen LogP contribution in [-0.4, -0.2) is 18.4 Å². The number of carbonyl (C=O) groups excluding carboxylic acids is 1. The number of benzene rings is 2. The summed E-state index contributed by atoms with van der Waals surface area (Å²) in [6, 6.07) is 13.1. The van der Waals surface area contributed by atoms with Gasteiger partial charge in [-0.1, -0.05) is 12.1 Å². The number of fused-ring (bicyclic) bond motifs is 1. The molecule has 0 N–H and O–H groups in total. The Morgan fingerprint density at radius 1 is 1.24 bits per heavy atom. The largest absolute Gasteiger partial charge is 0.497 e. The second-order valence-electron chi connectivity index (χ2n) is 4.39. The molecule has 0 fully saturated rings. The zero-order valence-corrected chi connectivity index (χ0v) is 12.2. The predicted octanol–water partition coefficient (Wildman–Crippen LogP) is 3.70. The molecule has 106 valence electrons. The highest BCUT2D eigenvalue weighted by Crippen LogP contribution is 2.26. The molecule has 0 aliphatic heterocycles. The molecule has 0 amide bonds. The van der Waals surface area contributed by atoms with Crippen molar-refractivity contribution >= 4 is 27.8 Å². The number of nitrogens with zero attached hydrogens (tertiary/aromatic N) is 1. The lowest BCUT2D eigenvalue weighted by Gasteiger charge is -2.08. The average Bonchev–Trinajstić information content (AvgIpc) is 2.95. The van der Waals surface area contributed by atoms with Crippen LogP contribution in [-0.2, 0) is 6.61 Å². The minimum absolute atomic E-state index is 0.340. The fourth-order valence-electron chi connectivity index (χ4n) is 2.00. The van der Waals surface area contributed by atoms with Crippen molar-refractivity contribution in [1.82, 2.24) is 4.98 Å². The van der Waals surface area contributed by atoms with E-state index in [2.05, 4.69) is 4.98 Å². The van der Waals surface area contributed by atoms with Crippen molar-refractivity contribution in [2.24, 2.45) is 0 Å². The maximum atomic E-state index is 11.1. The summed E-state index contributed by atoms with van der Waals surface area (Å²) in [7, 11) is 1.56. The van der Waals surface area contributed by atoms with E-state index < -0.39 is 0 Å². The van der Waals surface area contributed by atoms with Crippen LogP contribution in [0.4, 0.5) is 0 Å². The van der Waals surface area contributed by atoms with E-state index in [9.17, 15) is 4.79 Å². The van der Waals surface area contributed by atoms with Crippen molar-refractivity contribution in [2.45, 2.75) is 6.61 Å². The lowest BCUT2D eigenvalue weighted by atomic mass is 10.2. The topological polar surface area (TPSA) is 48.4 Å². The van der Waals surface area contributed by atoms with Gasteiger partial charge in [-0.2, -0.15) is 0 Å². The number of aromatic nitrogens is 1. The van der Waals surface area contributed by atoms with Crippen molar-refractivity contribution < 1.29 is 14.3 Å². The number of hydrogen-bond donors (Lipinski definition) is 0. The molecule has 0 saturated carbocycles. The van der Waals surface area contributed by atoms with Crippen LogP contribution in [0.3, 0.4) is 0 Å². The summed E-state index contributed by atoms with van der Waals surface area (Å²) in [5, 5.41) is 0.879. The molecule has 0 aliphatic carbocycles. The molecule has 0 radical (unpaired) electrons.